The molecule has 0 atom stereocenters. The minimum absolute atomic E-state index is 0.0352. The smallest absolute Gasteiger partial charge is 0.258 e. The van der Waals surface area contributed by atoms with Gasteiger partial charge in [0, 0.05) is 11.1 Å². The molecule has 0 aliphatic carbocycles. The fourth-order valence-electron chi connectivity index (χ4n) is 3.43. The monoisotopic (exact) mass is 417 g/mol. The lowest BCUT2D eigenvalue weighted by Crippen LogP contribution is -2.32. The Kier molecular flexibility index (Phi) is 5.75. The zero-order chi connectivity index (χ0) is 21.8. The normalized spacial score (nSPS) is 10.8. The number of benzene rings is 3. The van der Waals surface area contributed by atoms with Crippen molar-refractivity contribution in [2.24, 2.45) is 0 Å². The highest BCUT2D eigenvalue weighted by Crippen LogP contribution is 2.21. The molecule has 0 aliphatic heterocycles. The molecule has 0 aliphatic rings. The maximum Gasteiger partial charge on any atom is 0.258 e. The van der Waals surface area contributed by atoms with Crippen LogP contribution in [-0.4, -0.2) is 27.9 Å². The Morgan fingerprint density at radius 1 is 1.03 bits per heavy atom. The summed E-state index contributed by atoms with van der Waals surface area (Å²) in [5.41, 5.74) is 1.24. The number of carbonyl (C=O) groups is 1. The largest absolute Gasteiger partial charge is 0.496 e. The van der Waals surface area contributed by atoms with E-state index in [1.807, 2.05) is 18.2 Å². The number of fused-ring (bicyclic) bond motifs is 1. The van der Waals surface area contributed by atoms with Crippen LogP contribution in [0.15, 0.2) is 77.6 Å². The maximum absolute atomic E-state index is 13.7. The molecule has 7 heteroatoms. The van der Waals surface area contributed by atoms with Crippen molar-refractivity contribution in [2.45, 2.75) is 13.1 Å². The van der Waals surface area contributed by atoms with E-state index >= 15 is 0 Å². The van der Waals surface area contributed by atoms with Gasteiger partial charge in [0.1, 0.15) is 17.4 Å². The number of aromatic amines is 1. The van der Waals surface area contributed by atoms with E-state index in [9.17, 15) is 14.0 Å². The summed E-state index contributed by atoms with van der Waals surface area (Å²) < 4.78 is 19.1. The minimum atomic E-state index is -0.500. The molecule has 6 nitrogen and oxygen atoms in total. The van der Waals surface area contributed by atoms with Crippen LogP contribution in [0.5, 0.6) is 5.75 Å². The molecule has 0 radical (unpaired) electrons. The van der Waals surface area contributed by atoms with Crippen molar-refractivity contribution in [1.29, 1.82) is 0 Å². The zero-order valence-electron chi connectivity index (χ0n) is 16.8. The molecular formula is C24H20FN3O3. The molecule has 1 aromatic heterocycles. The first-order chi connectivity index (χ1) is 15.0. The van der Waals surface area contributed by atoms with E-state index in [0.29, 0.717) is 22.5 Å². The van der Waals surface area contributed by atoms with Gasteiger partial charge in [-0.1, -0.05) is 36.4 Å². The Bertz CT molecular complexity index is 1300. The van der Waals surface area contributed by atoms with Crippen LogP contribution < -0.4 is 10.3 Å². The maximum atomic E-state index is 13.7. The van der Waals surface area contributed by atoms with Crippen LogP contribution in [0.3, 0.4) is 0 Å². The standard InChI is InChI=1S/C24H20FN3O3/c1-31-21-12-5-2-7-17(21)14-28(24(30)16-8-6-9-18(25)13-16)15-22-26-20-11-4-3-10-19(20)23(29)27-22/h2-13H,14-15H2,1H3,(H,26,27,29). The molecule has 4 rings (SSSR count). The van der Waals surface area contributed by atoms with Gasteiger partial charge in [-0.25, -0.2) is 9.37 Å². The van der Waals surface area contributed by atoms with Crippen LogP contribution in [0.4, 0.5) is 4.39 Å². The number of carbonyl (C=O) groups excluding carboxylic acids is 1. The van der Waals surface area contributed by atoms with Crippen LogP contribution in [0, 0.1) is 5.82 Å². The number of ether oxygens (including phenoxy) is 1. The van der Waals surface area contributed by atoms with Gasteiger partial charge < -0.3 is 14.6 Å². The van der Waals surface area contributed by atoms with Crippen molar-refractivity contribution in [3.05, 3.63) is 106 Å². The molecule has 4 aromatic rings. The predicted octanol–water partition coefficient (Wildman–Crippen LogP) is 3.91. The van der Waals surface area contributed by atoms with E-state index in [1.165, 1.54) is 23.1 Å². The topological polar surface area (TPSA) is 75.3 Å². The Balaban J connectivity index is 1.73. The van der Waals surface area contributed by atoms with Gasteiger partial charge in [0.05, 0.1) is 31.1 Å². The molecule has 0 saturated heterocycles. The number of methoxy groups -OCH3 is 1. The molecule has 0 bridgehead atoms. The number of halogens is 1. The molecule has 1 heterocycles. The number of amides is 1. The lowest BCUT2D eigenvalue weighted by atomic mass is 10.1. The van der Waals surface area contributed by atoms with Gasteiger partial charge in [-0.2, -0.15) is 0 Å². The Morgan fingerprint density at radius 3 is 2.61 bits per heavy atom. The molecule has 31 heavy (non-hydrogen) atoms. The summed E-state index contributed by atoms with van der Waals surface area (Å²) in [6, 6.07) is 19.8. The molecule has 156 valence electrons. The SMILES string of the molecule is COc1ccccc1CN(Cc1nc2ccccc2c(=O)[nH]1)C(=O)c1cccc(F)c1. The van der Waals surface area contributed by atoms with Crippen molar-refractivity contribution in [2.75, 3.05) is 7.11 Å². The van der Waals surface area contributed by atoms with Crippen LogP contribution in [0.1, 0.15) is 21.7 Å². The fraction of sp³-hybridized carbons (Fsp3) is 0.125. The summed E-state index contributed by atoms with van der Waals surface area (Å²) in [5.74, 6) is 0.0735. The van der Waals surface area contributed by atoms with Gasteiger partial charge in [0.2, 0.25) is 0 Å². The summed E-state index contributed by atoms with van der Waals surface area (Å²) >= 11 is 0. The minimum Gasteiger partial charge on any atom is -0.496 e. The second kappa shape index (κ2) is 8.79. The van der Waals surface area contributed by atoms with Gasteiger partial charge in [-0.15, -0.1) is 0 Å². The van der Waals surface area contributed by atoms with Crippen molar-refractivity contribution in [3.63, 3.8) is 0 Å². The third-order valence-corrected chi connectivity index (χ3v) is 4.92. The second-order valence-electron chi connectivity index (χ2n) is 7.01. The third kappa shape index (κ3) is 4.45. The molecule has 0 saturated carbocycles. The van der Waals surface area contributed by atoms with E-state index in [-0.39, 0.29) is 30.1 Å². The number of hydrogen-bond donors (Lipinski definition) is 1. The molecule has 0 spiro atoms. The van der Waals surface area contributed by atoms with Crippen molar-refractivity contribution in [3.8, 4) is 5.75 Å². The van der Waals surface area contributed by atoms with Gasteiger partial charge in [0.15, 0.2) is 0 Å². The fourth-order valence-corrected chi connectivity index (χ4v) is 3.43. The molecule has 3 aromatic carbocycles. The molecule has 0 unspecified atom stereocenters. The lowest BCUT2D eigenvalue weighted by molar-refractivity contribution is 0.0723. The zero-order valence-corrected chi connectivity index (χ0v) is 16.8. The number of hydrogen-bond acceptors (Lipinski definition) is 4. The number of H-pyrrole nitrogens is 1. The van der Waals surface area contributed by atoms with Gasteiger partial charge in [-0.3, -0.25) is 9.59 Å². The van der Waals surface area contributed by atoms with E-state index < -0.39 is 5.82 Å². The summed E-state index contributed by atoms with van der Waals surface area (Å²) in [5, 5.41) is 0.471. The highest BCUT2D eigenvalue weighted by molar-refractivity contribution is 5.94. The number of nitrogens with zero attached hydrogens (tertiary/aromatic N) is 2. The van der Waals surface area contributed by atoms with Crippen LogP contribution in [-0.2, 0) is 13.1 Å². The van der Waals surface area contributed by atoms with Crippen LogP contribution in [0.2, 0.25) is 0 Å². The quantitative estimate of drug-likeness (QED) is 0.516. The Labute approximate surface area is 177 Å². The first kappa shape index (κ1) is 20.3. The molecular weight excluding hydrogens is 397 g/mol. The number of rotatable bonds is 6. The van der Waals surface area contributed by atoms with Gasteiger partial charge in [0.25, 0.3) is 11.5 Å². The average Bonchev–Trinajstić information content (AvgIpc) is 2.78. The Hall–Kier alpha value is -4.00. The summed E-state index contributed by atoms with van der Waals surface area (Å²) in [6.45, 7) is 0.226. The predicted molar refractivity (Wildman–Crippen MR) is 115 cm³/mol. The van der Waals surface area contributed by atoms with Crippen molar-refractivity contribution >= 4 is 16.8 Å². The van der Waals surface area contributed by atoms with E-state index in [2.05, 4.69) is 9.97 Å². The summed E-state index contributed by atoms with van der Waals surface area (Å²) in [7, 11) is 1.56. The second-order valence-corrected chi connectivity index (χ2v) is 7.01. The van der Waals surface area contributed by atoms with Crippen LogP contribution >= 0.6 is 0 Å². The van der Waals surface area contributed by atoms with E-state index in [4.69, 9.17) is 4.74 Å². The van der Waals surface area contributed by atoms with E-state index in [1.54, 1.807) is 43.5 Å². The highest BCUT2D eigenvalue weighted by atomic mass is 19.1. The average molecular weight is 417 g/mol. The molecule has 0 fully saturated rings. The lowest BCUT2D eigenvalue weighted by Gasteiger charge is -2.23. The molecule has 1 N–H and O–H groups in total. The van der Waals surface area contributed by atoms with Crippen molar-refractivity contribution in [1.82, 2.24) is 14.9 Å². The number of aromatic nitrogens is 2. The third-order valence-electron chi connectivity index (χ3n) is 4.92. The van der Waals surface area contributed by atoms with Gasteiger partial charge in [-0.05, 0) is 36.4 Å². The first-order valence-electron chi connectivity index (χ1n) is 9.70. The number of para-hydroxylation sites is 2. The van der Waals surface area contributed by atoms with Crippen LogP contribution in [0.25, 0.3) is 10.9 Å². The van der Waals surface area contributed by atoms with Gasteiger partial charge >= 0.3 is 0 Å². The summed E-state index contributed by atoms with van der Waals surface area (Å²) in [4.78, 5) is 34.5. The first-order valence-corrected chi connectivity index (χ1v) is 9.70. The summed E-state index contributed by atoms with van der Waals surface area (Å²) in [6.07, 6.45) is 0. The highest BCUT2D eigenvalue weighted by Gasteiger charge is 2.20. The molecule has 1 amide bonds. The number of nitrogens with one attached hydrogen (secondary N) is 1. The Morgan fingerprint density at radius 2 is 1.81 bits per heavy atom. The van der Waals surface area contributed by atoms with Crippen molar-refractivity contribution < 1.29 is 13.9 Å². The van der Waals surface area contributed by atoms with E-state index in [0.717, 1.165) is 5.56 Å².